The monoisotopic (exact) mass is 271 g/mol. The first-order valence-corrected chi connectivity index (χ1v) is 5.51. The molecule has 1 aromatic heterocycles. The highest BCUT2D eigenvalue weighted by Gasteiger charge is 2.25. The SMILES string of the molecule is Cn1cc([N+](=O)[O-])c(C(=O)Nc2ccccc2C#N)n1. The molecule has 0 saturated carbocycles. The van der Waals surface area contributed by atoms with Gasteiger partial charge in [0.05, 0.1) is 16.2 Å². The number of amides is 1. The van der Waals surface area contributed by atoms with Gasteiger partial charge in [-0.2, -0.15) is 10.4 Å². The molecule has 1 aromatic carbocycles. The van der Waals surface area contributed by atoms with Crippen LogP contribution in [0.2, 0.25) is 0 Å². The van der Waals surface area contributed by atoms with Crippen molar-refractivity contribution in [3.8, 4) is 6.07 Å². The number of carbonyl (C=O) groups excluding carboxylic acids is 1. The van der Waals surface area contributed by atoms with Gasteiger partial charge in [0.15, 0.2) is 0 Å². The summed E-state index contributed by atoms with van der Waals surface area (Å²) < 4.78 is 1.18. The molecule has 100 valence electrons. The third-order valence-corrected chi connectivity index (χ3v) is 2.52. The fourth-order valence-corrected chi connectivity index (χ4v) is 1.64. The molecule has 0 aliphatic rings. The number of aromatic nitrogens is 2. The zero-order valence-electron chi connectivity index (χ0n) is 10.4. The lowest BCUT2D eigenvalue weighted by molar-refractivity contribution is -0.385. The first kappa shape index (κ1) is 13.2. The van der Waals surface area contributed by atoms with Gasteiger partial charge in [0.1, 0.15) is 12.3 Å². The Labute approximate surface area is 113 Å². The predicted molar refractivity (Wildman–Crippen MR) is 69.0 cm³/mol. The van der Waals surface area contributed by atoms with E-state index < -0.39 is 10.8 Å². The molecule has 0 unspecified atom stereocenters. The number of hydrogen-bond donors (Lipinski definition) is 1. The molecule has 1 N–H and O–H groups in total. The highest BCUT2D eigenvalue weighted by atomic mass is 16.6. The Morgan fingerprint density at radius 3 is 2.85 bits per heavy atom. The number of carbonyl (C=O) groups is 1. The Balaban J connectivity index is 2.34. The van der Waals surface area contributed by atoms with E-state index in [-0.39, 0.29) is 22.6 Å². The quantitative estimate of drug-likeness (QED) is 0.670. The largest absolute Gasteiger partial charge is 0.320 e. The third-order valence-electron chi connectivity index (χ3n) is 2.52. The lowest BCUT2D eigenvalue weighted by Gasteiger charge is -2.04. The van der Waals surface area contributed by atoms with Gasteiger partial charge >= 0.3 is 5.69 Å². The molecule has 1 amide bonds. The first-order chi connectivity index (χ1) is 9.52. The smallest absolute Gasteiger partial charge is 0.319 e. The molecule has 0 atom stereocenters. The van der Waals surface area contributed by atoms with Gasteiger partial charge in [0.2, 0.25) is 5.69 Å². The summed E-state index contributed by atoms with van der Waals surface area (Å²) in [5.74, 6) is -0.736. The molecule has 0 aliphatic carbocycles. The van der Waals surface area contributed by atoms with E-state index in [1.54, 1.807) is 12.1 Å². The average molecular weight is 271 g/mol. The van der Waals surface area contributed by atoms with Crippen LogP contribution in [0.4, 0.5) is 11.4 Å². The second-order valence-electron chi connectivity index (χ2n) is 3.91. The third kappa shape index (κ3) is 2.46. The Bertz CT molecular complexity index is 729. The molecule has 0 radical (unpaired) electrons. The van der Waals surface area contributed by atoms with Crippen LogP contribution in [0.15, 0.2) is 30.5 Å². The Hall–Kier alpha value is -3.21. The number of nitrogens with zero attached hydrogens (tertiary/aromatic N) is 4. The van der Waals surface area contributed by atoms with E-state index in [1.807, 2.05) is 6.07 Å². The summed E-state index contributed by atoms with van der Waals surface area (Å²) >= 11 is 0. The molecule has 0 spiro atoms. The van der Waals surface area contributed by atoms with Crippen molar-refractivity contribution in [3.63, 3.8) is 0 Å². The fraction of sp³-hybridized carbons (Fsp3) is 0.0833. The summed E-state index contributed by atoms with van der Waals surface area (Å²) in [5.41, 5.74) is -0.149. The highest BCUT2D eigenvalue weighted by Crippen LogP contribution is 2.19. The molecule has 8 heteroatoms. The number of nitro groups is 1. The van der Waals surface area contributed by atoms with Crippen LogP contribution in [0.1, 0.15) is 16.1 Å². The minimum absolute atomic E-state index is 0.263. The Kier molecular flexibility index (Phi) is 3.43. The van der Waals surface area contributed by atoms with Gasteiger partial charge in [-0.3, -0.25) is 19.6 Å². The number of rotatable bonds is 3. The second-order valence-corrected chi connectivity index (χ2v) is 3.91. The number of anilines is 1. The zero-order chi connectivity index (χ0) is 14.7. The van der Waals surface area contributed by atoms with Crippen molar-refractivity contribution in [1.29, 1.82) is 5.26 Å². The predicted octanol–water partition coefficient (Wildman–Crippen LogP) is 1.45. The van der Waals surface area contributed by atoms with Crippen LogP contribution >= 0.6 is 0 Å². The molecule has 2 rings (SSSR count). The van der Waals surface area contributed by atoms with Crippen LogP contribution < -0.4 is 5.32 Å². The van der Waals surface area contributed by atoms with Gasteiger partial charge in [-0.25, -0.2) is 0 Å². The highest BCUT2D eigenvalue weighted by molar-refractivity contribution is 6.06. The van der Waals surface area contributed by atoms with Crippen molar-refractivity contribution < 1.29 is 9.72 Å². The second kappa shape index (κ2) is 5.19. The minimum atomic E-state index is -0.736. The van der Waals surface area contributed by atoms with Crippen molar-refractivity contribution in [1.82, 2.24) is 9.78 Å². The van der Waals surface area contributed by atoms with Crippen LogP contribution in [0, 0.1) is 21.4 Å². The lowest BCUT2D eigenvalue weighted by atomic mass is 10.2. The van der Waals surface area contributed by atoms with E-state index in [0.717, 1.165) is 6.20 Å². The minimum Gasteiger partial charge on any atom is -0.319 e. The summed E-state index contributed by atoms with van der Waals surface area (Å²) in [6.07, 6.45) is 1.14. The Morgan fingerprint density at radius 1 is 1.50 bits per heavy atom. The number of nitrogens with one attached hydrogen (secondary N) is 1. The van der Waals surface area contributed by atoms with E-state index in [4.69, 9.17) is 5.26 Å². The van der Waals surface area contributed by atoms with Crippen molar-refractivity contribution in [2.75, 3.05) is 5.32 Å². The number of nitriles is 1. The maximum Gasteiger partial charge on any atom is 0.320 e. The van der Waals surface area contributed by atoms with Crippen LogP contribution in [0.3, 0.4) is 0 Å². The van der Waals surface area contributed by atoms with Gasteiger partial charge in [0, 0.05) is 7.05 Å². The lowest BCUT2D eigenvalue weighted by Crippen LogP contribution is -2.15. The molecule has 2 aromatic rings. The molecule has 0 fully saturated rings. The van der Waals surface area contributed by atoms with E-state index in [2.05, 4.69) is 10.4 Å². The van der Waals surface area contributed by atoms with Crippen LogP contribution in [-0.4, -0.2) is 20.6 Å². The van der Waals surface area contributed by atoms with Gasteiger partial charge in [-0.05, 0) is 12.1 Å². The van der Waals surface area contributed by atoms with Gasteiger partial charge in [-0.15, -0.1) is 0 Å². The van der Waals surface area contributed by atoms with Crippen molar-refractivity contribution in [2.45, 2.75) is 0 Å². The number of aryl methyl sites for hydroxylation is 1. The van der Waals surface area contributed by atoms with Gasteiger partial charge in [-0.1, -0.05) is 12.1 Å². The summed E-state index contributed by atoms with van der Waals surface area (Å²) in [5, 5.41) is 26.0. The number of benzene rings is 1. The molecule has 8 nitrogen and oxygen atoms in total. The van der Waals surface area contributed by atoms with Crippen LogP contribution in [0.5, 0.6) is 0 Å². The van der Waals surface area contributed by atoms with Crippen LogP contribution in [-0.2, 0) is 7.05 Å². The summed E-state index contributed by atoms with van der Waals surface area (Å²) in [7, 11) is 1.48. The molecule has 0 bridgehead atoms. The topological polar surface area (TPSA) is 114 Å². The fourth-order valence-electron chi connectivity index (χ4n) is 1.64. The number of para-hydroxylation sites is 1. The molecule has 1 heterocycles. The van der Waals surface area contributed by atoms with Gasteiger partial charge < -0.3 is 5.32 Å². The molecular weight excluding hydrogens is 262 g/mol. The molecule has 0 aliphatic heterocycles. The van der Waals surface area contributed by atoms with Crippen molar-refractivity contribution in [2.24, 2.45) is 7.05 Å². The maximum absolute atomic E-state index is 12.0. The van der Waals surface area contributed by atoms with Crippen molar-refractivity contribution >= 4 is 17.3 Å². The molecule has 20 heavy (non-hydrogen) atoms. The summed E-state index contributed by atoms with van der Waals surface area (Å²) in [4.78, 5) is 22.2. The van der Waals surface area contributed by atoms with Crippen molar-refractivity contribution in [3.05, 3.63) is 51.8 Å². The Morgan fingerprint density at radius 2 is 2.20 bits per heavy atom. The standard InChI is InChI=1S/C12H9N5O3/c1-16-7-10(17(19)20)11(15-16)12(18)14-9-5-3-2-4-8(9)6-13/h2-5,7H,1H3,(H,14,18). The molecular formula is C12H9N5O3. The number of hydrogen-bond acceptors (Lipinski definition) is 5. The van der Waals surface area contributed by atoms with E-state index in [1.165, 1.54) is 23.9 Å². The first-order valence-electron chi connectivity index (χ1n) is 5.51. The molecule has 0 saturated heterocycles. The van der Waals surface area contributed by atoms with E-state index in [0.29, 0.717) is 0 Å². The zero-order valence-corrected chi connectivity index (χ0v) is 10.4. The summed E-state index contributed by atoms with van der Waals surface area (Å²) in [6, 6.07) is 8.28. The van der Waals surface area contributed by atoms with Gasteiger partial charge in [0.25, 0.3) is 5.91 Å². The maximum atomic E-state index is 12.0. The summed E-state index contributed by atoms with van der Waals surface area (Å²) in [6.45, 7) is 0. The van der Waals surface area contributed by atoms with E-state index >= 15 is 0 Å². The normalized spacial score (nSPS) is 9.80. The van der Waals surface area contributed by atoms with E-state index in [9.17, 15) is 14.9 Å². The average Bonchev–Trinajstić information content (AvgIpc) is 2.82. The van der Waals surface area contributed by atoms with Crippen LogP contribution in [0.25, 0.3) is 0 Å².